The van der Waals surface area contributed by atoms with Crippen LogP contribution in [-0.4, -0.2) is 5.11 Å². The van der Waals surface area contributed by atoms with Crippen LogP contribution >= 0.6 is 0 Å². The Bertz CT molecular complexity index is 690. The van der Waals surface area contributed by atoms with Crippen molar-refractivity contribution in [2.75, 3.05) is 0 Å². The number of terminal acetylenes is 1. The van der Waals surface area contributed by atoms with Crippen LogP contribution in [0.25, 0.3) is 5.57 Å². The lowest BCUT2D eigenvalue weighted by molar-refractivity contribution is 0.0627. The lowest BCUT2D eigenvalue weighted by Crippen LogP contribution is -2.22. The molecule has 2 aromatic rings. The van der Waals surface area contributed by atoms with Crippen molar-refractivity contribution in [1.29, 1.82) is 0 Å². The predicted molar refractivity (Wildman–Crippen MR) is 99.2 cm³/mol. The second-order valence-corrected chi connectivity index (χ2v) is 5.54. The van der Waals surface area contributed by atoms with Gasteiger partial charge in [0.1, 0.15) is 0 Å². The molecule has 1 atom stereocenters. The largest absolute Gasteiger partial charge is 0.385 e. The second kappa shape index (κ2) is 8.36. The third kappa shape index (κ3) is 4.84. The summed E-state index contributed by atoms with van der Waals surface area (Å²) < 4.78 is 0. The Morgan fingerprint density at radius 2 is 1.78 bits per heavy atom. The van der Waals surface area contributed by atoms with Crippen molar-refractivity contribution >= 4 is 5.57 Å². The topological polar surface area (TPSA) is 20.2 Å². The first-order valence-electron chi connectivity index (χ1n) is 7.32. The summed E-state index contributed by atoms with van der Waals surface area (Å²) >= 11 is 0. The zero-order chi connectivity index (χ0) is 17.5. The van der Waals surface area contributed by atoms with E-state index in [1.54, 1.807) is 6.08 Å². The lowest BCUT2D eigenvalue weighted by atomic mass is 9.84. The molecule has 0 spiro atoms. The zero-order valence-electron chi connectivity index (χ0n) is 13.6. The van der Waals surface area contributed by atoms with E-state index in [0.717, 1.165) is 27.8 Å². The van der Waals surface area contributed by atoms with E-state index in [4.69, 9.17) is 0 Å². The summed E-state index contributed by atoms with van der Waals surface area (Å²) in [6, 6.07) is 15.6. The summed E-state index contributed by atoms with van der Waals surface area (Å²) in [6.45, 7) is 13.6. The average molecular weight is 303 g/mol. The van der Waals surface area contributed by atoms with Crippen LogP contribution in [0.4, 0.5) is 0 Å². The van der Waals surface area contributed by atoms with Gasteiger partial charge in [-0.15, -0.1) is 12.8 Å². The minimum absolute atomic E-state index is 0.479. The number of hydrogen-bond donors (Lipinski definition) is 1. The fraction of sp³-hybridized carbons (Fsp3) is 0.136. The van der Waals surface area contributed by atoms with E-state index in [1.165, 1.54) is 0 Å². The normalized spacial score (nSPS) is 13.6. The highest BCUT2D eigenvalue weighted by Gasteiger charge is 2.26. The van der Waals surface area contributed by atoms with E-state index in [9.17, 15) is 5.11 Å². The van der Waals surface area contributed by atoms with Gasteiger partial charge in [0, 0.05) is 6.42 Å². The van der Waals surface area contributed by atoms with E-state index in [1.807, 2.05) is 55.5 Å². The van der Waals surface area contributed by atoms with Gasteiger partial charge in [-0.25, -0.2) is 0 Å². The Hall–Kier alpha value is -2.30. The Morgan fingerprint density at radius 3 is 2.35 bits per heavy atom. The maximum atomic E-state index is 10.9. The molecule has 2 rings (SSSR count). The van der Waals surface area contributed by atoms with Crippen molar-refractivity contribution in [1.82, 2.24) is 0 Å². The molecule has 0 aromatic heterocycles. The number of benzene rings is 2. The Balaban J connectivity index is 0.00000127. The predicted octanol–water partition coefficient (Wildman–Crippen LogP) is 4.82. The molecule has 0 aliphatic heterocycles. The van der Waals surface area contributed by atoms with Gasteiger partial charge in [0.05, 0.1) is 5.60 Å². The molecule has 1 unspecified atom stereocenters. The number of allylic oxidation sites excluding steroid dienone is 1. The van der Waals surface area contributed by atoms with Crippen LogP contribution in [0.5, 0.6) is 0 Å². The van der Waals surface area contributed by atoms with Crippen molar-refractivity contribution in [3.63, 3.8) is 0 Å². The van der Waals surface area contributed by atoms with Crippen LogP contribution in [0.15, 0.2) is 54.6 Å². The molecular weight excluding hydrogens is 280 g/mol. The molecule has 0 bridgehead atoms. The highest BCUT2D eigenvalue weighted by Crippen LogP contribution is 2.34. The molecule has 0 fully saturated rings. The summed E-state index contributed by atoms with van der Waals surface area (Å²) in [4.78, 5) is 0. The SMILES string of the molecule is C#C.[CH2]/C=C(\CC(C)(O)c1ccccc1[CH2])c1cccc([CH2])c1. The molecule has 2 aromatic carbocycles. The monoisotopic (exact) mass is 303 g/mol. The molecule has 117 valence electrons. The number of rotatable bonds is 4. The van der Waals surface area contributed by atoms with Gasteiger partial charge in [-0.05, 0) is 55.5 Å². The molecule has 0 heterocycles. The van der Waals surface area contributed by atoms with Crippen molar-refractivity contribution in [3.8, 4) is 12.8 Å². The lowest BCUT2D eigenvalue weighted by Gasteiger charge is -2.27. The first-order chi connectivity index (χ1) is 10.9. The Kier molecular flexibility index (Phi) is 6.82. The van der Waals surface area contributed by atoms with Gasteiger partial charge < -0.3 is 5.11 Å². The minimum atomic E-state index is -0.987. The van der Waals surface area contributed by atoms with E-state index < -0.39 is 5.60 Å². The molecular formula is C22H23O. The summed E-state index contributed by atoms with van der Waals surface area (Å²) in [5.74, 6) is 0. The molecule has 0 saturated heterocycles. The Morgan fingerprint density at radius 1 is 1.13 bits per heavy atom. The van der Waals surface area contributed by atoms with Crippen LogP contribution in [0.1, 0.15) is 35.6 Å². The van der Waals surface area contributed by atoms with Gasteiger partial charge in [-0.3, -0.25) is 0 Å². The standard InChI is InChI=1S/C20H21O.C2H2/c1-5-17(18-11-8-9-15(2)13-18)14-20(4,21)19-12-7-6-10-16(19)3;1-2/h5-13,21H,1-3,14H2,4H3;1-2H/b17-5+;. The highest BCUT2D eigenvalue weighted by molar-refractivity contribution is 5.68. The molecule has 0 amide bonds. The van der Waals surface area contributed by atoms with Crippen LogP contribution in [0.2, 0.25) is 0 Å². The summed E-state index contributed by atoms with van der Waals surface area (Å²) in [6.07, 6.45) is 10.3. The average Bonchev–Trinajstić information content (AvgIpc) is 2.55. The maximum Gasteiger partial charge on any atom is 0.0911 e. The molecule has 0 saturated carbocycles. The van der Waals surface area contributed by atoms with Crippen LogP contribution in [0, 0.1) is 33.6 Å². The summed E-state index contributed by atoms with van der Waals surface area (Å²) in [5, 5.41) is 10.9. The zero-order valence-corrected chi connectivity index (χ0v) is 13.6. The van der Waals surface area contributed by atoms with E-state index in [0.29, 0.717) is 6.42 Å². The molecule has 3 radical (unpaired) electrons. The fourth-order valence-corrected chi connectivity index (χ4v) is 2.57. The van der Waals surface area contributed by atoms with E-state index in [-0.39, 0.29) is 0 Å². The Labute approximate surface area is 140 Å². The molecule has 1 heteroatoms. The third-order valence-electron chi connectivity index (χ3n) is 3.68. The van der Waals surface area contributed by atoms with Crippen molar-refractivity contribution in [2.45, 2.75) is 18.9 Å². The van der Waals surface area contributed by atoms with E-state index >= 15 is 0 Å². The minimum Gasteiger partial charge on any atom is -0.385 e. The van der Waals surface area contributed by atoms with E-state index in [2.05, 4.69) is 33.6 Å². The number of aliphatic hydroxyl groups is 1. The molecule has 1 N–H and O–H groups in total. The number of hydrogen-bond acceptors (Lipinski definition) is 1. The van der Waals surface area contributed by atoms with Gasteiger partial charge in [0.15, 0.2) is 0 Å². The van der Waals surface area contributed by atoms with Crippen molar-refractivity contribution < 1.29 is 5.11 Å². The second-order valence-electron chi connectivity index (χ2n) is 5.54. The third-order valence-corrected chi connectivity index (χ3v) is 3.68. The first kappa shape index (κ1) is 18.7. The van der Waals surface area contributed by atoms with Crippen LogP contribution < -0.4 is 0 Å². The summed E-state index contributed by atoms with van der Waals surface area (Å²) in [7, 11) is 0. The van der Waals surface area contributed by atoms with Gasteiger partial charge >= 0.3 is 0 Å². The van der Waals surface area contributed by atoms with Gasteiger partial charge in [0.2, 0.25) is 0 Å². The van der Waals surface area contributed by atoms with Crippen LogP contribution in [-0.2, 0) is 5.60 Å². The molecule has 23 heavy (non-hydrogen) atoms. The molecule has 0 aliphatic rings. The summed E-state index contributed by atoms with van der Waals surface area (Å²) in [5.41, 5.74) is 3.68. The maximum absolute atomic E-state index is 10.9. The first-order valence-corrected chi connectivity index (χ1v) is 7.32. The smallest absolute Gasteiger partial charge is 0.0911 e. The van der Waals surface area contributed by atoms with Gasteiger partial charge in [0.25, 0.3) is 0 Å². The van der Waals surface area contributed by atoms with Crippen molar-refractivity contribution in [3.05, 3.63) is 97.6 Å². The quantitative estimate of drug-likeness (QED) is 0.803. The van der Waals surface area contributed by atoms with Gasteiger partial charge in [-0.2, -0.15) is 0 Å². The van der Waals surface area contributed by atoms with Crippen molar-refractivity contribution in [2.24, 2.45) is 0 Å². The van der Waals surface area contributed by atoms with Gasteiger partial charge in [-0.1, -0.05) is 54.6 Å². The highest BCUT2D eigenvalue weighted by atomic mass is 16.3. The molecule has 1 nitrogen and oxygen atoms in total. The molecule has 0 aliphatic carbocycles. The fourth-order valence-electron chi connectivity index (χ4n) is 2.57. The van der Waals surface area contributed by atoms with Crippen LogP contribution in [0.3, 0.4) is 0 Å².